The van der Waals surface area contributed by atoms with Gasteiger partial charge in [-0.15, -0.1) is 0 Å². The smallest absolute Gasteiger partial charge is 0.291 e. The summed E-state index contributed by atoms with van der Waals surface area (Å²) in [5.41, 5.74) is 13.8. The van der Waals surface area contributed by atoms with Crippen LogP contribution in [0.1, 0.15) is 25.0 Å². The van der Waals surface area contributed by atoms with Gasteiger partial charge in [0.25, 0.3) is 11.9 Å². The number of rotatable bonds is 6. The van der Waals surface area contributed by atoms with Crippen LogP contribution in [0.25, 0.3) is 0 Å². The number of aliphatic imine (C=N–C) groups is 2. The average Bonchev–Trinajstić information content (AvgIpc) is 2.44. The van der Waals surface area contributed by atoms with Crippen LogP contribution >= 0.6 is 0 Å². The normalized spacial score (nSPS) is 11.5. The molecule has 0 saturated heterocycles. The molecule has 0 aliphatic rings. The minimum Gasteiger partial charge on any atom is -1.00 e. The van der Waals surface area contributed by atoms with E-state index in [0.717, 1.165) is 24.2 Å². The molecule has 8 heteroatoms. The van der Waals surface area contributed by atoms with E-state index in [9.17, 15) is 0 Å². The minimum absolute atomic E-state index is 0. The van der Waals surface area contributed by atoms with Gasteiger partial charge in [-0.1, -0.05) is 24.3 Å². The maximum absolute atomic E-state index is 5.75. The number of halogens is 2. The van der Waals surface area contributed by atoms with E-state index in [4.69, 9.17) is 11.5 Å². The van der Waals surface area contributed by atoms with Crippen LogP contribution in [0, 0.1) is 0 Å². The Labute approximate surface area is 166 Å². The summed E-state index contributed by atoms with van der Waals surface area (Å²) in [5, 5.41) is 3.82. The molecule has 0 saturated carbocycles. The van der Waals surface area contributed by atoms with Gasteiger partial charge in [0.05, 0.1) is 26.2 Å². The predicted octanol–water partition coefficient (Wildman–Crippen LogP) is -7.51. The molecular formula is C14H26I2N6. The van der Waals surface area contributed by atoms with Crippen LogP contribution in [0.4, 0.5) is 0 Å². The summed E-state index contributed by atoms with van der Waals surface area (Å²) in [6.07, 6.45) is 0. The lowest BCUT2D eigenvalue weighted by Gasteiger charge is -2.02. The SMILES string of the molecule is CC[NH2+]C(N)=NCc1cccc(CN=C(N)[NH2+]CC)c1.[I-].[I-]. The fraction of sp³-hybridized carbons (Fsp3) is 0.429. The van der Waals surface area contributed by atoms with Crippen LogP contribution in [0.2, 0.25) is 0 Å². The molecule has 6 nitrogen and oxygen atoms in total. The van der Waals surface area contributed by atoms with Crippen LogP contribution in [-0.2, 0) is 13.1 Å². The Bertz CT molecular complexity index is 437. The van der Waals surface area contributed by atoms with Gasteiger partial charge in [0, 0.05) is 0 Å². The van der Waals surface area contributed by atoms with Gasteiger partial charge in [-0.2, -0.15) is 0 Å². The van der Waals surface area contributed by atoms with Crippen molar-refractivity contribution in [2.75, 3.05) is 13.1 Å². The highest BCUT2D eigenvalue weighted by Crippen LogP contribution is 2.07. The first-order chi connectivity index (χ1) is 9.65. The predicted molar refractivity (Wildman–Crippen MR) is 82.0 cm³/mol. The topological polar surface area (TPSA) is 110 Å². The number of nitrogens with two attached hydrogens (primary N) is 4. The molecule has 0 spiro atoms. The van der Waals surface area contributed by atoms with Crippen molar-refractivity contribution in [2.45, 2.75) is 26.9 Å². The Hall–Kier alpha value is -0.460. The van der Waals surface area contributed by atoms with Gasteiger partial charge >= 0.3 is 0 Å². The zero-order valence-corrected chi connectivity index (χ0v) is 17.4. The molecule has 0 fully saturated rings. The molecule has 0 unspecified atom stereocenters. The molecule has 0 amide bonds. The molecule has 0 aliphatic carbocycles. The van der Waals surface area contributed by atoms with E-state index in [1.807, 2.05) is 42.7 Å². The van der Waals surface area contributed by atoms with Crippen molar-refractivity contribution in [1.82, 2.24) is 0 Å². The fourth-order valence-electron chi connectivity index (χ4n) is 1.74. The summed E-state index contributed by atoms with van der Waals surface area (Å²) in [6.45, 7) is 7.07. The zero-order chi connectivity index (χ0) is 14.8. The summed E-state index contributed by atoms with van der Waals surface area (Å²) in [5.74, 6) is 1.19. The third-order valence-electron chi connectivity index (χ3n) is 2.71. The van der Waals surface area contributed by atoms with Gasteiger partial charge in [-0.25, -0.2) is 9.98 Å². The number of hydrogen-bond acceptors (Lipinski definition) is 2. The summed E-state index contributed by atoms with van der Waals surface area (Å²) in [7, 11) is 0. The molecule has 1 rings (SSSR count). The molecule has 0 aliphatic heterocycles. The first-order valence-electron chi connectivity index (χ1n) is 6.99. The molecule has 22 heavy (non-hydrogen) atoms. The van der Waals surface area contributed by atoms with E-state index in [-0.39, 0.29) is 48.0 Å². The maximum Gasteiger partial charge on any atom is 0.291 e. The van der Waals surface area contributed by atoms with E-state index in [2.05, 4.69) is 16.1 Å². The van der Waals surface area contributed by atoms with Gasteiger partial charge < -0.3 is 59.4 Å². The summed E-state index contributed by atoms with van der Waals surface area (Å²) in [6, 6.07) is 8.18. The Kier molecular flexibility index (Phi) is 15.3. The second kappa shape index (κ2) is 14.2. The van der Waals surface area contributed by atoms with Crippen LogP contribution in [0.5, 0.6) is 0 Å². The Morgan fingerprint density at radius 2 is 1.32 bits per heavy atom. The summed E-state index contributed by atoms with van der Waals surface area (Å²) >= 11 is 0. The fourth-order valence-corrected chi connectivity index (χ4v) is 1.74. The van der Waals surface area contributed by atoms with E-state index in [1.54, 1.807) is 0 Å². The summed E-state index contributed by atoms with van der Waals surface area (Å²) < 4.78 is 0. The van der Waals surface area contributed by atoms with E-state index in [0.29, 0.717) is 25.0 Å². The maximum atomic E-state index is 5.75. The quantitative estimate of drug-likeness (QED) is 0.166. The molecule has 1 aromatic carbocycles. The number of guanidine groups is 2. The van der Waals surface area contributed by atoms with Crippen molar-refractivity contribution in [2.24, 2.45) is 21.5 Å². The lowest BCUT2D eigenvalue weighted by Crippen LogP contribution is -3.00. The highest BCUT2D eigenvalue weighted by Gasteiger charge is 1.99. The average molecular weight is 532 g/mol. The first-order valence-corrected chi connectivity index (χ1v) is 6.99. The third kappa shape index (κ3) is 10.3. The lowest BCUT2D eigenvalue weighted by atomic mass is 10.1. The number of nitrogens with zero attached hydrogens (tertiary/aromatic N) is 2. The Balaban J connectivity index is 0. The van der Waals surface area contributed by atoms with Gasteiger partial charge in [0.1, 0.15) is 0 Å². The van der Waals surface area contributed by atoms with E-state index < -0.39 is 0 Å². The first kappa shape index (κ1) is 23.8. The van der Waals surface area contributed by atoms with E-state index >= 15 is 0 Å². The molecule has 126 valence electrons. The second-order valence-electron chi connectivity index (χ2n) is 4.53. The van der Waals surface area contributed by atoms with Crippen molar-refractivity contribution in [1.29, 1.82) is 0 Å². The number of hydrogen-bond donors (Lipinski definition) is 4. The number of quaternary nitrogens is 2. The third-order valence-corrected chi connectivity index (χ3v) is 2.71. The molecule has 0 heterocycles. The van der Waals surface area contributed by atoms with Crippen LogP contribution in [-0.4, -0.2) is 25.0 Å². The van der Waals surface area contributed by atoms with Crippen molar-refractivity contribution in [3.05, 3.63) is 35.4 Å². The van der Waals surface area contributed by atoms with Crippen LogP contribution in [0.15, 0.2) is 34.3 Å². The van der Waals surface area contributed by atoms with Gasteiger partial charge in [-0.05, 0) is 25.0 Å². The lowest BCUT2D eigenvalue weighted by molar-refractivity contribution is -0.538. The van der Waals surface area contributed by atoms with Crippen molar-refractivity contribution in [3.63, 3.8) is 0 Å². The molecule has 0 atom stereocenters. The molecule has 1 aromatic rings. The van der Waals surface area contributed by atoms with Crippen LogP contribution in [0.3, 0.4) is 0 Å². The highest BCUT2D eigenvalue weighted by atomic mass is 127. The van der Waals surface area contributed by atoms with Gasteiger partial charge in [0.2, 0.25) is 0 Å². The molecule has 0 bridgehead atoms. The molecule has 8 N–H and O–H groups in total. The van der Waals surface area contributed by atoms with Crippen molar-refractivity contribution < 1.29 is 58.6 Å². The largest absolute Gasteiger partial charge is 1.00 e. The van der Waals surface area contributed by atoms with E-state index in [1.165, 1.54) is 0 Å². The van der Waals surface area contributed by atoms with Gasteiger partial charge in [0.15, 0.2) is 0 Å². The zero-order valence-electron chi connectivity index (χ0n) is 13.1. The molecule has 0 aromatic heterocycles. The minimum atomic E-state index is 0. The standard InChI is InChI=1S/C14H24N6.2HI/c1-3-17-13(15)19-9-11-6-5-7-12(8-11)10-20-14(16)18-4-2;;/h5-8H,3-4,9-10H2,1-2H3,(H3,15,17,19)(H3,16,18,20);2*1H. The van der Waals surface area contributed by atoms with Gasteiger partial charge in [-0.3, -0.25) is 10.6 Å². The van der Waals surface area contributed by atoms with Crippen LogP contribution < -0.4 is 70.1 Å². The van der Waals surface area contributed by atoms with Crippen molar-refractivity contribution >= 4 is 11.9 Å². The Morgan fingerprint density at radius 1 is 0.909 bits per heavy atom. The Morgan fingerprint density at radius 3 is 1.68 bits per heavy atom. The second-order valence-corrected chi connectivity index (χ2v) is 4.53. The summed E-state index contributed by atoms with van der Waals surface area (Å²) in [4.78, 5) is 8.64. The molecular weight excluding hydrogens is 506 g/mol. The monoisotopic (exact) mass is 532 g/mol. The van der Waals surface area contributed by atoms with Crippen molar-refractivity contribution in [3.8, 4) is 0 Å². The highest BCUT2D eigenvalue weighted by molar-refractivity contribution is 5.67. The number of benzene rings is 1. The molecule has 0 radical (unpaired) electrons.